The van der Waals surface area contributed by atoms with E-state index < -0.39 is 69.3 Å². The molecular weight excluding hydrogens is 1090 g/mol. The molecule has 76 heavy (non-hydrogen) atoms. The average Bonchev–Trinajstić information content (AvgIpc) is 3.35. The van der Waals surface area contributed by atoms with Crippen molar-refractivity contribution in [2.45, 2.75) is 80.8 Å². The molecule has 422 valence electrons. The Morgan fingerprint density at radius 3 is 1.26 bits per heavy atom. The zero-order valence-electron chi connectivity index (χ0n) is 44.0. The molecule has 0 radical (unpaired) electrons. The third kappa shape index (κ3) is 27.6. The summed E-state index contributed by atoms with van der Waals surface area (Å²) in [7, 11) is -5.95. The molecule has 0 spiro atoms. The lowest BCUT2D eigenvalue weighted by Gasteiger charge is -2.19. The first-order valence-electron chi connectivity index (χ1n) is 23.2. The molecule has 2 unspecified atom stereocenters. The number of hydrogen-bond donors (Lipinski definition) is 3. The van der Waals surface area contributed by atoms with Gasteiger partial charge in [-0.15, -0.1) is 0 Å². The van der Waals surface area contributed by atoms with Crippen molar-refractivity contribution in [1.29, 1.82) is 0 Å². The molecule has 0 aromatic heterocycles. The first-order valence-corrected chi connectivity index (χ1v) is 27.4. The maximum atomic E-state index is 14.5. The summed E-state index contributed by atoms with van der Waals surface area (Å²) >= 11 is 11.1. The highest BCUT2D eigenvalue weighted by molar-refractivity contribution is 7.55. The van der Waals surface area contributed by atoms with Crippen LogP contribution < -0.4 is 9.47 Å². The third-order valence-corrected chi connectivity index (χ3v) is 13.9. The van der Waals surface area contributed by atoms with Crippen molar-refractivity contribution in [3.05, 3.63) is 164 Å². The Morgan fingerprint density at radius 2 is 0.947 bits per heavy atom. The van der Waals surface area contributed by atoms with Crippen LogP contribution in [0.2, 0.25) is 10.0 Å². The second kappa shape index (κ2) is 38.3. The van der Waals surface area contributed by atoms with Crippen LogP contribution in [-0.2, 0) is 54.8 Å². The zero-order chi connectivity index (χ0) is 58.0. The van der Waals surface area contributed by atoms with Gasteiger partial charge in [-0.1, -0.05) is 88.9 Å². The van der Waals surface area contributed by atoms with Crippen LogP contribution >= 0.6 is 38.4 Å². The van der Waals surface area contributed by atoms with Gasteiger partial charge in [-0.05, 0) is 103 Å². The lowest BCUT2D eigenvalue weighted by atomic mass is 10.1. The van der Waals surface area contributed by atoms with Crippen molar-refractivity contribution in [3.63, 3.8) is 0 Å². The number of aliphatic hydroxyl groups excluding tert-OH is 1. The number of halogens is 6. The molecule has 0 saturated heterocycles. The van der Waals surface area contributed by atoms with Crippen LogP contribution in [0.4, 0.5) is 17.6 Å². The van der Waals surface area contributed by atoms with Gasteiger partial charge in [0.25, 0.3) is 0 Å². The Labute approximate surface area is 452 Å². The number of ether oxygens (including phenoxy) is 3. The van der Waals surface area contributed by atoms with E-state index >= 15 is 0 Å². The molecule has 5 aromatic rings. The minimum absolute atomic E-state index is 0.0455. The number of aryl methyl sites for hydroxylation is 2. The molecule has 0 aliphatic rings. The first-order chi connectivity index (χ1) is 36.0. The maximum absolute atomic E-state index is 14.5. The van der Waals surface area contributed by atoms with Crippen LogP contribution in [0, 0.1) is 25.5 Å². The summed E-state index contributed by atoms with van der Waals surface area (Å²) in [6.45, 7) is 15.0. The summed E-state index contributed by atoms with van der Waals surface area (Å²) < 4.78 is 107. The van der Waals surface area contributed by atoms with Gasteiger partial charge in [0.1, 0.15) is 54.8 Å². The number of rotatable bonds is 22. The molecule has 0 amide bonds. The van der Waals surface area contributed by atoms with Crippen LogP contribution in [0.3, 0.4) is 0 Å². The standard InChI is InChI=1S/C22H28FO6P.C16H17FO2.C7H4Cl2O2.C6H13O5P.2CH3F/c1-5-27-30(25,28-6-2)15-22(24)29-17(4)20-12-11-19(13-21(20)23)26-14-18-9-7-16(3)8-10-18;1-11-3-5-13(6-4-11)10-19-14-7-8-15(12(2)18)16(17)9-14;8-4-2-1-3-5(9)6(4)7(10)11;1-3-10-12(9,11-4-2)5-6(7)8;2*1-2/h7-13,17H,5-6,14-15H2,1-4H3;3-9,12,18H,10H2,1-2H3;1-3H,(H,10,11);3-5H2,1-2H3,(H,7,8);2*1H3. The van der Waals surface area contributed by atoms with E-state index in [-0.39, 0.29) is 53.2 Å². The zero-order valence-corrected chi connectivity index (χ0v) is 47.3. The SMILES string of the molecule is CCOP(=O)(CC(=O)O)OCC.CCOP(=O)(CC(=O)OC(C)c1ccc(OCc2ccc(C)cc2)cc1F)OCC.CF.CF.Cc1ccc(COc2ccc(C(C)O)c(F)c2)cc1.O=C(O)c1c(Cl)cccc1Cl. The van der Waals surface area contributed by atoms with Crippen molar-refractivity contribution in [1.82, 2.24) is 0 Å². The predicted octanol–water partition coefficient (Wildman–Crippen LogP) is 14.5. The summed E-state index contributed by atoms with van der Waals surface area (Å²) in [6.07, 6.45) is -2.79. The normalized spacial score (nSPS) is 11.3. The van der Waals surface area contributed by atoms with Gasteiger partial charge in [0.05, 0.1) is 62.5 Å². The number of aromatic carboxylic acids is 1. The van der Waals surface area contributed by atoms with E-state index in [1.165, 1.54) is 49.7 Å². The van der Waals surface area contributed by atoms with Crippen LogP contribution in [0.25, 0.3) is 0 Å². The molecule has 15 nitrogen and oxygen atoms in total. The van der Waals surface area contributed by atoms with Gasteiger partial charge in [-0.2, -0.15) is 0 Å². The predicted molar refractivity (Wildman–Crippen MR) is 286 cm³/mol. The van der Waals surface area contributed by atoms with Gasteiger partial charge < -0.3 is 47.6 Å². The van der Waals surface area contributed by atoms with Crippen LogP contribution in [-0.4, -0.2) is 86.3 Å². The van der Waals surface area contributed by atoms with Crippen molar-refractivity contribution in [3.8, 4) is 11.5 Å². The minimum Gasteiger partial charge on any atom is -0.489 e. The van der Waals surface area contributed by atoms with Crippen molar-refractivity contribution >= 4 is 56.3 Å². The molecule has 0 bridgehead atoms. The number of carboxylic acids is 2. The summed E-state index contributed by atoms with van der Waals surface area (Å²) in [5.74, 6) is -3.26. The maximum Gasteiger partial charge on any atom is 0.341 e. The van der Waals surface area contributed by atoms with Gasteiger partial charge in [-0.25, -0.2) is 13.6 Å². The lowest BCUT2D eigenvalue weighted by molar-refractivity contribution is -0.145. The highest BCUT2D eigenvalue weighted by Crippen LogP contribution is 2.48. The summed E-state index contributed by atoms with van der Waals surface area (Å²) in [6, 6.07) is 29.3. The Balaban J connectivity index is 0.00000104. The number of aliphatic carboxylic acids is 1. The average molecular weight is 1150 g/mol. The van der Waals surface area contributed by atoms with E-state index in [1.807, 2.05) is 62.4 Å². The molecule has 23 heteroatoms. The number of hydrogen-bond acceptors (Lipinski definition) is 13. The van der Waals surface area contributed by atoms with Crippen molar-refractivity contribution < 1.29 is 88.7 Å². The third-order valence-electron chi connectivity index (χ3n) is 9.32. The van der Waals surface area contributed by atoms with E-state index in [0.29, 0.717) is 39.1 Å². The molecule has 0 aliphatic heterocycles. The Hall–Kier alpha value is -5.33. The molecule has 5 aromatic carbocycles. The van der Waals surface area contributed by atoms with Gasteiger partial charge >= 0.3 is 33.1 Å². The summed E-state index contributed by atoms with van der Waals surface area (Å²) in [4.78, 5) is 32.9. The number of carbonyl (C=O) groups is 3. The lowest BCUT2D eigenvalue weighted by Crippen LogP contribution is -2.16. The smallest absolute Gasteiger partial charge is 0.341 e. The topological polar surface area (TPSA) is 211 Å². The number of esters is 1. The van der Waals surface area contributed by atoms with E-state index in [4.69, 9.17) is 65.7 Å². The van der Waals surface area contributed by atoms with E-state index in [1.54, 1.807) is 52.0 Å². The first kappa shape index (κ1) is 70.7. The van der Waals surface area contributed by atoms with E-state index in [2.05, 4.69) is 0 Å². The summed E-state index contributed by atoms with van der Waals surface area (Å²) in [5.41, 5.74) is 4.77. The molecular formula is C53H68Cl2F4O15P2. The fourth-order valence-electron chi connectivity index (χ4n) is 5.93. The second-order valence-corrected chi connectivity index (χ2v) is 20.2. The molecule has 0 saturated carbocycles. The fraction of sp³-hybridized carbons (Fsp3) is 0.377. The van der Waals surface area contributed by atoms with E-state index in [0.717, 1.165) is 16.7 Å². The number of carbonyl (C=O) groups excluding carboxylic acids is 1. The van der Waals surface area contributed by atoms with Crippen LogP contribution in [0.15, 0.2) is 103 Å². The molecule has 2 atom stereocenters. The molecule has 0 fully saturated rings. The number of carboxylic acid groups (broad SMARTS) is 2. The van der Waals surface area contributed by atoms with Crippen molar-refractivity contribution in [2.75, 3.05) is 53.1 Å². The Bertz CT molecular complexity index is 2550. The minimum atomic E-state index is -3.57. The highest BCUT2D eigenvalue weighted by atomic mass is 35.5. The number of benzene rings is 5. The van der Waals surface area contributed by atoms with Gasteiger partial charge in [0.15, 0.2) is 0 Å². The van der Waals surface area contributed by atoms with Crippen LogP contribution in [0.5, 0.6) is 11.5 Å². The molecule has 3 N–H and O–H groups in total. The largest absolute Gasteiger partial charge is 0.489 e. The quantitative estimate of drug-likeness (QED) is 0.0334. The Morgan fingerprint density at radius 1 is 0.579 bits per heavy atom. The Kier molecular flexibility index (Phi) is 35.6. The highest BCUT2D eigenvalue weighted by Gasteiger charge is 2.30. The van der Waals surface area contributed by atoms with Crippen molar-refractivity contribution in [2.24, 2.45) is 0 Å². The second-order valence-electron chi connectivity index (χ2n) is 15.2. The number of alkyl halides is 2. The molecule has 5 rings (SSSR count). The number of aliphatic hydroxyl groups is 1. The fourth-order valence-corrected chi connectivity index (χ4v) is 9.30. The molecule has 0 aliphatic carbocycles. The summed E-state index contributed by atoms with van der Waals surface area (Å²) in [5, 5.41) is 26.6. The van der Waals surface area contributed by atoms with Gasteiger partial charge in [0.2, 0.25) is 0 Å². The molecule has 0 heterocycles. The van der Waals surface area contributed by atoms with Gasteiger partial charge in [-0.3, -0.25) is 27.5 Å². The van der Waals surface area contributed by atoms with E-state index in [9.17, 15) is 46.2 Å². The van der Waals surface area contributed by atoms with Crippen LogP contribution in [0.1, 0.15) is 97.5 Å². The monoisotopic (exact) mass is 1150 g/mol. The van der Waals surface area contributed by atoms with Gasteiger partial charge in [0, 0.05) is 23.3 Å².